The molecular formula is C29H30F3NO4. The number of allylic oxidation sites excluding steroid dienone is 6. The number of carboxylic acids is 1. The summed E-state index contributed by atoms with van der Waals surface area (Å²) < 4.78 is 44.0. The number of aromatic carboxylic acids is 1. The van der Waals surface area contributed by atoms with Crippen molar-refractivity contribution < 1.29 is 32.6 Å². The number of ether oxygens (including phenoxy) is 1. The van der Waals surface area contributed by atoms with Crippen molar-refractivity contribution in [1.82, 2.24) is 0 Å². The number of alkyl halides is 3. The van der Waals surface area contributed by atoms with Crippen molar-refractivity contribution >= 4 is 23.6 Å². The molecule has 0 unspecified atom stereocenters. The molecule has 2 N–H and O–H groups in total. The second-order valence-electron chi connectivity index (χ2n) is 8.60. The molecule has 37 heavy (non-hydrogen) atoms. The van der Waals surface area contributed by atoms with Crippen LogP contribution in [0.5, 0.6) is 5.75 Å². The minimum absolute atomic E-state index is 0.223. The normalized spacial score (nSPS) is 12.9. The Hall–Kier alpha value is -4.07. The van der Waals surface area contributed by atoms with Gasteiger partial charge >= 0.3 is 12.1 Å². The van der Waals surface area contributed by atoms with Gasteiger partial charge in [0.25, 0.3) is 0 Å². The summed E-state index contributed by atoms with van der Waals surface area (Å²) in [4.78, 5) is 23.7. The predicted molar refractivity (Wildman–Crippen MR) is 140 cm³/mol. The van der Waals surface area contributed by atoms with Crippen molar-refractivity contribution in [3.05, 3.63) is 99.2 Å². The van der Waals surface area contributed by atoms with E-state index in [-0.39, 0.29) is 5.69 Å². The fourth-order valence-corrected chi connectivity index (χ4v) is 3.59. The molecule has 8 heteroatoms. The second kappa shape index (κ2) is 12.3. The molecule has 2 aromatic rings. The fourth-order valence-electron chi connectivity index (χ4n) is 3.59. The van der Waals surface area contributed by atoms with Crippen LogP contribution in [-0.4, -0.2) is 24.1 Å². The number of carbonyl (C=O) groups is 2. The lowest BCUT2D eigenvalue weighted by atomic mass is 9.96. The lowest BCUT2D eigenvalue weighted by Crippen LogP contribution is -2.14. The maximum absolute atomic E-state index is 12.9. The average molecular weight is 514 g/mol. The van der Waals surface area contributed by atoms with E-state index >= 15 is 0 Å². The minimum atomic E-state index is -4.69. The number of benzene rings is 2. The summed E-state index contributed by atoms with van der Waals surface area (Å²) >= 11 is 0. The second-order valence-corrected chi connectivity index (χ2v) is 8.60. The van der Waals surface area contributed by atoms with E-state index in [1.807, 2.05) is 52.0 Å². The van der Waals surface area contributed by atoms with Gasteiger partial charge in [0.2, 0.25) is 5.91 Å². The number of hydrogen-bond donors (Lipinski definition) is 2. The van der Waals surface area contributed by atoms with Gasteiger partial charge in [-0.2, -0.15) is 13.2 Å². The number of hydrogen-bond acceptors (Lipinski definition) is 3. The van der Waals surface area contributed by atoms with Crippen LogP contribution >= 0.6 is 0 Å². The van der Waals surface area contributed by atoms with E-state index in [0.29, 0.717) is 11.6 Å². The number of aryl methyl sites for hydroxylation is 1. The number of carbonyl (C=O) groups excluding carboxylic acids is 1. The van der Waals surface area contributed by atoms with E-state index in [1.165, 1.54) is 6.08 Å². The van der Waals surface area contributed by atoms with Gasteiger partial charge in [-0.1, -0.05) is 36.0 Å². The maximum Gasteiger partial charge on any atom is 0.416 e. The van der Waals surface area contributed by atoms with Crippen LogP contribution < -0.4 is 10.1 Å². The number of amides is 1. The summed E-state index contributed by atoms with van der Waals surface area (Å²) in [6, 6.07) is 4.14. The highest BCUT2D eigenvalue weighted by Gasteiger charge is 2.32. The van der Waals surface area contributed by atoms with Crippen LogP contribution in [0.3, 0.4) is 0 Å². The lowest BCUT2D eigenvalue weighted by molar-refractivity contribution is -0.137. The lowest BCUT2D eigenvalue weighted by Gasteiger charge is -2.13. The first-order valence-corrected chi connectivity index (χ1v) is 11.4. The van der Waals surface area contributed by atoms with Crippen LogP contribution in [0.4, 0.5) is 18.9 Å². The van der Waals surface area contributed by atoms with Crippen molar-refractivity contribution in [3.8, 4) is 5.75 Å². The Bertz CT molecular complexity index is 1320. The number of anilines is 1. The molecule has 0 aliphatic heterocycles. The van der Waals surface area contributed by atoms with Gasteiger partial charge in [0.15, 0.2) is 0 Å². The number of rotatable bonds is 8. The van der Waals surface area contributed by atoms with E-state index in [2.05, 4.69) is 5.32 Å². The topological polar surface area (TPSA) is 75.6 Å². The molecule has 0 saturated carbocycles. The molecule has 0 atom stereocenters. The first-order valence-electron chi connectivity index (χ1n) is 11.4. The van der Waals surface area contributed by atoms with E-state index < -0.39 is 29.2 Å². The molecule has 2 rings (SSSR count). The van der Waals surface area contributed by atoms with E-state index in [0.717, 1.165) is 45.7 Å². The van der Waals surface area contributed by atoms with Crippen LogP contribution in [0, 0.1) is 20.8 Å². The minimum Gasteiger partial charge on any atom is -0.496 e. The third kappa shape index (κ3) is 7.96. The van der Waals surface area contributed by atoms with Gasteiger partial charge in [-0.25, -0.2) is 4.79 Å². The smallest absolute Gasteiger partial charge is 0.416 e. The van der Waals surface area contributed by atoms with Gasteiger partial charge in [0, 0.05) is 6.08 Å². The first kappa shape index (κ1) is 29.2. The van der Waals surface area contributed by atoms with Gasteiger partial charge in [0.1, 0.15) is 5.75 Å². The van der Waals surface area contributed by atoms with Crippen molar-refractivity contribution in [2.24, 2.45) is 0 Å². The standard InChI is InChI=1S/C29H30F3NO4/c1-17(10-12-23-19(3)15-26(37-6)21(5)20(23)4)8-7-9-18(2)14-27(34)33-25-13-11-22(29(30,31)32)16-24(25)28(35)36/h7-16H,1-6H3,(H,33,34)(H,35,36). The van der Waals surface area contributed by atoms with E-state index in [1.54, 1.807) is 26.2 Å². The maximum atomic E-state index is 12.9. The molecule has 0 aliphatic carbocycles. The third-order valence-electron chi connectivity index (χ3n) is 5.75. The highest BCUT2D eigenvalue weighted by Crippen LogP contribution is 2.32. The zero-order valence-electron chi connectivity index (χ0n) is 21.6. The monoisotopic (exact) mass is 513 g/mol. The van der Waals surface area contributed by atoms with Crippen LogP contribution in [0.25, 0.3) is 6.08 Å². The predicted octanol–water partition coefficient (Wildman–Crippen LogP) is 7.44. The van der Waals surface area contributed by atoms with Gasteiger partial charge < -0.3 is 15.2 Å². The van der Waals surface area contributed by atoms with Crippen molar-refractivity contribution in [2.45, 2.75) is 40.8 Å². The summed E-state index contributed by atoms with van der Waals surface area (Å²) in [5, 5.41) is 11.6. The zero-order chi connectivity index (χ0) is 27.9. The van der Waals surface area contributed by atoms with Crippen LogP contribution in [0.1, 0.15) is 52.0 Å². The number of carboxylic acid groups (broad SMARTS) is 1. The van der Waals surface area contributed by atoms with Gasteiger partial charge in [-0.3, -0.25) is 4.79 Å². The summed E-state index contributed by atoms with van der Waals surface area (Å²) in [6.45, 7) is 9.70. The third-order valence-corrected chi connectivity index (χ3v) is 5.75. The molecular weight excluding hydrogens is 483 g/mol. The number of methoxy groups -OCH3 is 1. The Morgan fingerprint density at radius 3 is 2.27 bits per heavy atom. The van der Waals surface area contributed by atoms with Crippen molar-refractivity contribution in [1.29, 1.82) is 0 Å². The number of halogens is 3. The molecule has 0 aromatic heterocycles. The van der Waals surface area contributed by atoms with Gasteiger partial charge in [-0.15, -0.1) is 0 Å². The molecule has 0 aliphatic rings. The average Bonchev–Trinajstić information content (AvgIpc) is 2.80. The first-order chi connectivity index (χ1) is 17.2. The van der Waals surface area contributed by atoms with E-state index in [4.69, 9.17) is 4.74 Å². The SMILES string of the molecule is COc1cc(C)c(C=CC(C)=CC=CC(C)=CC(=O)Nc2ccc(C(F)(F)F)cc2C(=O)O)c(C)c1C. The molecule has 0 spiro atoms. The summed E-state index contributed by atoms with van der Waals surface area (Å²) in [6.07, 6.45) is 5.87. The Labute approximate surface area is 214 Å². The number of nitrogens with one attached hydrogen (secondary N) is 1. The zero-order valence-corrected chi connectivity index (χ0v) is 21.6. The molecule has 196 valence electrons. The van der Waals surface area contributed by atoms with Crippen LogP contribution in [-0.2, 0) is 11.0 Å². The van der Waals surface area contributed by atoms with Crippen molar-refractivity contribution in [2.75, 3.05) is 12.4 Å². The Morgan fingerprint density at radius 1 is 1.00 bits per heavy atom. The van der Waals surface area contributed by atoms with Gasteiger partial charge in [0.05, 0.1) is 23.9 Å². The highest BCUT2D eigenvalue weighted by atomic mass is 19.4. The highest BCUT2D eigenvalue weighted by molar-refractivity contribution is 6.05. The Morgan fingerprint density at radius 2 is 1.68 bits per heavy atom. The summed E-state index contributed by atoms with van der Waals surface area (Å²) in [5.41, 5.74) is 3.99. The molecule has 0 radical (unpaired) electrons. The molecule has 2 aromatic carbocycles. The van der Waals surface area contributed by atoms with E-state index in [9.17, 15) is 27.9 Å². The molecule has 1 amide bonds. The quantitative estimate of drug-likeness (QED) is 0.284. The fraction of sp³-hybridized carbons (Fsp3) is 0.241. The Kier molecular flexibility index (Phi) is 9.66. The van der Waals surface area contributed by atoms with Crippen molar-refractivity contribution in [3.63, 3.8) is 0 Å². The van der Waals surface area contributed by atoms with Gasteiger partial charge in [-0.05, 0) is 86.7 Å². The molecule has 0 bridgehead atoms. The summed E-state index contributed by atoms with van der Waals surface area (Å²) in [7, 11) is 1.65. The molecule has 0 saturated heterocycles. The Balaban J connectivity index is 2.12. The molecule has 0 fully saturated rings. The van der Waals surface area contributed by atoms with Crippen LogP contribution in [0.15, 0.2) is 65.8 Å². The largest absolute Gasteiger partial charge is 0.496 e. The summed E-state index contributed by atoms with van der Waals surface area (Å²) in [5.74, 6) is -1.39. The molecule has 0 heterocycles. The molecule has 5 nitrogen and oxygen atoms in total. The van der Waals surface area contributed by atoms with Crippen LogP contribution in [0.2, 0.25) is 0 Å².